The first kappa shape index (κ1) is 22.0. The van der Waals surface area contributed by atoms with E-state index in [2.05, 4.69) is 4.74 Å². The van der Waals surface area contributed by atoms with Crippen molar-refractivity contribution in [1.29, 1.82) is 0 Å². The Balaban J connectivity index is 1.80. The van der Waals surface area contributed by atoms with E-state index in [-0.39, 0.29) is 35.8 Å². The van der Waals surface area contributed by atoms with Gasteiger partial charge in [-0.2, -0.15) is 8.78 Å². The molecule has 0 N–H and O–H groups in total. The number of hydrogen-bond donors (Lipinski definition) is 0. The molecule has 0 aromatic heterocycles. The van der Waals surface area contributed by atoms with Gasteiger partial charge in [-0.1, -0.05) is 37.1 Å². The van der Waals surface area contributed by atoms with E-state index in [9.17, 15) is 22.0 Å². The maximum absolute atomic E-state index is 13.2. The van der Waals surface area contributed by atoms with Crippen molar-refractivity contribution in [1.82, 2.24) is 0 Å². The van der Waals surface area contributed by atoms with Crippen molar-refractivity contribution in [3.8, 4) is 11.5 Å². The van der Waals surface area contributed by atoms with Crippen LogP contribution in [0.15, 0.2) is 53.4 Å². The van der Waals surface area contributed by atoms with Crippen LogP contribution in [0.4, 0.5) is 8.78 Å². The molecule has 0 radical (unpaired) electrons. The summed E-state index contributed by atoms with van der Waals surface area (Å²) in [6, 6.07) is 12.0. The normalized spacial score (nSPS) is 15.7. The van der Waals surface area contributed by atoms with Crippen LogP contribution in [0.5, 0.6) is 11.5 Å². The molecular weight excluding hydrogens is 418 g/mol. The van der Waals surface area contributed by atoms with Gasteiger partial charge >= 0.3 is 12.6 Å². The standard InChI is InChI=1S/C21H22F2O6S/c1-27-18-13-15(9-10-17(18)29-20(22)23)14-28-19(24)21(11-5-6-12-21)30(25,26)16-7-3-2-4-8-16/h2-4,7-10,13,20H,5-6,11-12,14H2,1H3. The zero-order valence-electron chi connectivity index (χ0n) is 16.3. The quantitative estimate of drug-likeness (QED) is 0.575. The SMILES string of the molecule is COc1cc(COC(=O)C2(S(=O)(=O)c3ccccc3)CCCC2)ccc1OC(F)F. The van der Waals surface area contributed by atoms with Crippen molar-refractivity contribution in [3.05, 3.63) is 54.1 Å². The number of methoxy groups -OCH3 is 1. The molecule has 0 heterocycles. The van der Waals surface area contributed by atoms with Crippen LogP contribution in [0.3, 0.4) is 0 Å². The molecule has 0 amide bonds. The van der Waals surface area contributed by atoms with E-state index in [4.69, 9.17) is 9.47 Å². The third kappa shape index (κ3) is 4.26. The van der Waals surface area contributed by atoms with Crippen molar-refractivity contribution in [2.75, 3.05) is 7.11 Å². The molecule has 1 aliphatic carbocycles. The molecule has 0 aliphatic heterocycles. The highest BCUT2D eigenvalue weighted by Gasteiger charge is 2.54. The van der Waals surface area contributed by atoms with Gasteiger partial charge in [0.05, 0.1) is 12.0 Å². The van der Waals surface area contributed by atoms with E-state index in [1.807, 2.05) is 0 Å². The molecule has 1 saturated carbocycles. The minimum Gasteiger partial charge on any atom is -0.493 e. The van der Waals surface area contributed by atoms with Crippen LogP contribution < -0.4 is 9.47 Å². The van der Waals surface area contributed by atoms with E-state index < -0.39 is 27.2 Å². The predicted octanol–water partition coefficient (Wildman–Crippen LogP) is 4.13. The minimum absolute atomic E-state index is 0.0522. The summed E-state index contributed by atoms with van der Waals surface area (Å²) in [5, 5.41) is 0. The van der Waals surface area contributed by atoms with E-state index >= 15 is 0 Å². The fourth-order valence-corrected chi connectivity index (χ4v) is 5.70. The molecular formula is C21H22F2O6S. The average molecular weight is 440 g/mol. The van der Waals surface area contributed by atoms with Crippen LogP contribution >= 0.6 is 0 Å². The molecule has 0 atom stereocenters. The first-order chi connectivity index (χ1) is 14.3. The first-order valence-corrected chi connectivity index (χ1v) is 10.9. The van der Waals surface area contributed by atoms with Crippen molar-refractivity contribution < 1.29 is 36.2 Å². The average Bonchev–Trinajstić information content (AvgIpc) is 3.25. The maximum atomic E-state index is 13.2. The Morgan fingerprint density at radius 3 is 2.33 bits per heavy atom. The molecule has 6 nitrogen and oxygen atoms in total. The molecule has 1 fully saturated rings. The highest BCUT2D eigenvalue weighted by molar-refractivity contribution is 7.93. The van der Waals surface area contributed by atoms with E-state index in [1.54, 1.807) is 18.2 Å². The summed E-state index contributed by atoms with van der Waals surface area (Å²) >= 11 is 0. The molecule has 162 valence electrons. The summed E-state index contributed by atoms with van der Waals surface area (Å²) in [5.41, 5.74) is 0.451. The number of benzene rings is 2. The minimum atomic E-state index is -3.94. The maximum Gasteiger partial charge on any atom is 0.387 e. The Kier molecular flexibility index (Phi) is 6.60. The van der Waals surface area contributed by atoms with Crippen LogP contribution in [-0.4, -0.2) is 32.9 Å². The van der Waals surface area contributed by atoms with Gasteiger partial charge in [0, 0.05) is 0 Å². The highest BCUT2D eigenvalue weighted by atomic mass is 32.2. The summed E-state index contributed by atoms with van der Waals surface area (Å²) in [5.74, 6) is -0.909. The molecule has 0 bridgehead atoms. The lowest BCUT2D eigenvalue weighted by molar-refractivity contribution is -0.148. The van der Waals surface area contributed by atoms with Gasteiger partial charge in [0.2, 0.25) is 0 Å². The Morgan fingerprint density at radius 1 is 1.07 bits per heavy atom. The van der Waals surface area contributed by atoms with Crippen LogP contribution in [0.1, 0.15) is 31.2 Å². The lowest BCUT2D eigenvalue weighted by Crippen LogP contribution is -2.45. The molecule has 0 saturated heterocycles. The highest BCUT2D eigenvalue weighted by Crippen LogP contribution is 2.41. The smallest absolute Gasteiger partial charge is 0.387 e. The second kappa shape index (κ2) is 8.99. The van der Waals surface area contributed by atoms with Gasteiger partial charge in [0.1, 0.15) is 6.61 Å². The molecule has 1 aliphatic rings. The second-order valence-corrected chi connectivity index (χ2v) is 9.22. The number of halogens is 2. The molecule has 30 heavy (non-hydrogen) atoms. The Hall–Kier alpha value is -2.68. The molecule has 0 spiro atoms. The summed E-state index contributed by atoms with van der Waals surface area (Å²) in [6.45, 7) is -3.23. The molecule has 2 aromatic rings. The number of esters is 1. The molecule has 9 heteroatoms. The molecule has 3 rings (SSSR count). The summed E-state index contributed by atoms with van der Waals surface area (Å²) in [4.78, 5) is 13.1. The predicted molar refractivity (Wildman–Crippen MR) is 104 cm³/mol. The van der Waals surface area contributed by atoms with Gasteiger partial charge in [-0.15, -0.1) is 0 Å². The third-order valence-corrected chi connectivity index (χ3v) is 7.66. The number of sulfone groups is 1. The van der Waals surface area contributed by atoms with Crippen LogP contribution in [0.2, 0.25) is 0 Å². The number of hydrogen-bond acceptors (Lipinski definition) is 6. The summed E-state index contributed by atoms with van der Waals surface area (Å²) < 4.78 is 64.6. The van der Waals surface area contributed by atoms with Crippen molar-refractivity contribution >= 4 is 15.8 Å². The zero-order valence-corrected chi connectivity index (χ0v) is 17.2. The van der Waals surface area contributed by atoms with Gasteiger partial charge in [0.15, 0.2) is 26.1 Å². The Morgan fingerprint density at radius 2 is 1.73 bits per heavy atom. The first-order valence-electron chi connectivity index (χ1n) is 9.39. The fourth-order valence-electron chi connectivity index (χ4n) is 3.63. The van der Waals surface area contributed by atoms with E-state index in [0.29, 0.717) is 18.4 Å². The van der Waals surface area contributed by atoms with Gasteiger partial charge in [0.25, 0.3) is 0 Å². The topological polar surface area (TPSA) is 78.9 Å². The largest absolute Gasteiger partial charge is 0.493 e. The van der Waals surface area contributed by atoms with Gasteiger partial charge in [-0.3, -0.25) is 4.79 Å². The van der Waals surface area contributed by atoms with Crippen molar-refractivity contribution in [2.24, 2.45) is 0 Å². The second-order valence-electron chi connectivity index (χ2n) is 6.96. The van der Waals surface area contributed by atoms with Gasteiger partial charge < -0.3 is 14.2 Å². The van der Waals surface area contributed by atoms with Crippen LogP contribution in [0, 0.1) is 0 Å². The number of carbonyl (C=O) groups is 1. The fraction of sp³-hybridized carbons (Fsp3) is 0.381. The number of ether oxygens (including phenoxy) is 3. The Bertz CT molecular complexity index is 986. The third-order valence-electron chi connectivity index (χ3n) is 5.17. The summed E-state index contributed by atoms with van der Waals surface area (Å²) in [7, 11) is -2.64. The van der Waals surface area contributed by atoms with Gasteiger partial charge in [-0.25, -0.2) is 8.42 Å². The lowest BCUT2D eigenvalue weighted by Gasteiger charge is -2.26. The van der Waals surface area contributed by atoms with Crippen LogP contribution in [0.25, 0.3) is 0 Å². The monoisotopic (exact) mass is 440 g/mol. The zero-order chi connectivity index (χ0) is 21.8. The van der Waals surface area contributed by atoms with E-state index in [1.165, 1.54) is 37.4 Å². The van der Waals surface area contributed by atoms with Crippen molar-refractivity contribution in [2.45, 2.75) is 48.5 Å². The molecule has 2 aromatic carbocycles. The van der Waals surface area contributed by atoms with Crippen LogP contribution in [-0.2, 0) is 26.0 Å². The lowest BCUT2D eigenvalue weighted by atomic mass is 10.1. The van der Waals surface area contributed by atoms with Gasteiger partial charge in [-0.05, 0) is 42.7 Å². The number of carbonyl (C=O) groups excluding carboxylic acids is 1. The number of alkyl halides is 2. The Labute approximate surface area is 173 Å². The van der Waals surface area contributed by atoms with E-state index in [0.717, 1.165) is 0 Å². The molecule has 0 unspecified atom stereocenters. The number of rotatable bonds is 8. The summed E-state index contributed by atoms with van der Waals surface area (Å²) in [6.07, 6.45) is 1.59. The van der Waals surface area contributed by atoms with Crippen molar-refractivity contribution in [3.63, 3.8) is 0 Å².